The lowest BCUT2D eigenvalue weighted by atomic mass is 10.2. The minimum Gasteiger partial charge on any atom is -0.485 e. The van der Waals surface area contributed by atoms with Crippen LogP contribution >= 0.6 is 0 Å². The molecule has 0 spiro atoms. The third-order valence-corrected chi connectivity index (χ3v) is 3.21. The molecule has 0 unspecified atom stereocenters. The Hall–Kier alpha value is -2.56. The van der Waals surface area contributed by atoms with E-state index in [9.17, 15) is 9.18 Å². The van der Waals surface area contributed by atoms with Crippen molar-refractivity contribution in [1.29, 1.82) is 0 Å². The molecule has 0 aromatic heterocycles. The number of para-hydroxylation sites is 2. The lowest BCUT2D eigenvalue weighted by Gasteiger charge is -2.25. The fourth-order valence-corrected chi connectivity index (χ4v) is 2.09. The molecule has 0 saturated heterocycles. The number of ether oxygens (including phenoxy) is 2. The molecule has 4 nitrogen and oxygen atoms in total. The van der Waals surface area contributed by atoms with E-state index in [-0.39, 0.29) is 24.9 Å². The summed E-state index contributed by atoms with van der Waals surface area (Å²) in [5.41, 5.74) is 0.433. The third-order valence-electron chi connectivity index (χ3n) is 3.21. The van der Waals surface area contributed by atoms with Crippen molar-refractivity contribution >= 4 is 5.91 Å². The van der Waals surface area contributed by atoms with Crippen LogP contribution in [0.5, 0.6) is 11.5 Å². The Morgan fingerprint density at radius 1 is 1.14 bits per heavy atom. The van der Waals surface area contributed by atoms with Crippen molar-refractivity contribution in [3.63, 3.8) is 0 Å². The highest BCUT2D eigenvalue weighted by atomic mass is 19.1. The first-order valence-electron chi connectivity index (χ1n) is 6.63. The Labute approximate surface area is 121 Å². The molecule has 2 aromatic rings. The van der Waals surface area contributed by atoms with Crippen molar-refractivity contribution < 1.29 is 18.7 Å². The Kier molecular flexibility index (Phi) is 3.73. The summed E-state index contributed by atoms with van der Waals surface area (Å²) in [4.78, 5) is 12.1. The average molecular weight is 287 g/mol. The van der Waals surface area contributed by atoms with E-state index < -0.39 is 6.10 Å². The second kappa shape index (κ2) is 5.83. The third kappa shape index (κ3) is 2.97. The molecule has 1 aliphatic heterocycles. The molecule has 0 radical (unpaired) electrons. The molecule has 0 aliphatic carbocycles. The maximum absolute atomic E-state index is 13.5. The Morgan fingerprint density at radius 2 is 1.86 bits per heavy atom. The zero-order valence-corrected chi connectivity index (χ0v) is 11.2. The first-order chi connectivity index (χ1) is 10.2. The lowest BCUT2D eigenvalue weighted by Crippen LogP contribution is -2.43. The van der Waals surface area contributed by atoms with E-state index in [1.54, 1.807) is 30.3 Å². The van der Waals surface area contributed by atoms with E-state index >= 15 is 0 Å². The van der Waals surface area contributed by atoms with Crippen molar-refractivity contribution in [3.05, 3.63) is 59.9 Å². The number of carbonyl (C=O) groups is 1. The van der Waals surface area contributed by atoms with Crippen LogP contribution in [0.1, 0.15) is 5.56 Å². The molecule has 0 fully saturated rings. The summed E-state index contributed by atoms with van der Waals surface area (Å²) in [7, 11) is 0. The quantitative estimate of drug-likeness (QED) is 0.942. The van der Waals surface area contributed by atoms with Crippen LogP contribution in [0.3, 0.4) is 0 Å². The number of halogens is 1. The van der Waals surface area contributed by atoms with Gasteiger partial charge in [0.15, 0.2) is 11.5 Å². The Bertz CT molecular complexity index is 659. The maximum atomic E-state index is 13.5. The number of carbonyl (C=O) groups excluding carboxylic acids is 1. The highest BCUT2D eigenvalue weighted by Gasteiger charge is 2.27. The van der Waals surface area contributed by atoms with Crippen LogP contribution in [0.4, 0.5) is 4.39 Å². The van der Waals surface area contributed by atoms with Gasteiger partial charge in [-0.05, 0) is 18.2 Å². The minimum atomic E-state index is -0.730. The van der Waals surface area contributed by atoms with Gasteiger partial charge in [-0.2, -0.15) is 0 Å². The lowest BCUT2D eigenvalue weighted by molar-refractivity contribution is -0.130. The van der Waals surface area contributed by atoms with Crippen molar-refractivity contribution in [3.8, 4) is 11.5 Å². The second-order valence-electron chi connectivity index (χ2n) is 4.67. The largest absolute Gasteiger partial charge is 0.485 e. The van der Waals surface area contributed by atoms with E-state index in [1.165, 1.54) is 6.07 Å². The SMILES string of the molecule is O=C(NCc1ccccc1F)[C@@H]1COc2ccccc2O1. The number of rotatable bonds is 3. The number of hydrogen-bond acceptors (Lipinski definition) is 3. The van der Waals surface area contributed by atoms with Crippen LogP contribution in [0, 0.1) is 5.82 Å². The molecule has 1 heterocycles. The molecule has 2 aromatic carbocycles. The summed E-state index contributed by atoms with van der Waals surface area (Å²) in [6.07, 6.45) is -0.730. The van der Waals surface area contributed by atoms with Gasteiger partial charge in [0.25, 0.3) is 5.91 Å². The fourth-order valence-electron chi connectivity index (χ4n) is 2.09. The zero-order valence-electron chi connectivity index (χ0n) is 11.2. The van der Waals surface area contributed by atoms with Gasteiger partial charge in [0.1, 0.15) is 12.4 Å². The monoisotopic (exact) mass is 287 g/mol. The smallest absolute Gasteiger partial charge is 0.264 e. The molecule has 0 bridgehead atoms. The maximum Gasteiger partial charge on any atom is 0.264 e. The fraction of sp³-hybridized carbons (Fsp3) is 0.188. The molecule has 0 saturated carbocycles. The van der Waals surface area contributed by atoms with Crippen molar-refractivity contribution in [2.45, 2.75) is 12.6 Å². The van der Waals surface area contributed by atoms with Gasteiger partial charge in [0, 0.05) is 12.1 Å². The van der Waals surface area contributed by atoms with Crippen molar-refractivity contribution in [2.24, 2.45) is 0 Å². The van der Waals surface area contributed by atoms with Gasteiger partial charge in [-0.3, -0.25) is 4.79 Å². The summed E-state index contributed by atoms with van der Waals surface area (Å²) in [5, 5.41) is 2.66. The van der Waals surface area contributed by atoms with Crippen molar-refractivity contribution in [2.75, 3.05) is 6.61 Å². The van der Waals surface area contributed by atoms with Crippen LogP contribution in [-0.2, 0) is 11.3 Å². The van der Waals surface area contributed by atoms with E-state index in [4.69, 9.17) is 9.47 Å². The Balaban J connectivity index is 1.61. The number of fused-ring (bicyclic) bond motifs is 1. The number of nitrogens with one attached hydrogen (secondary N) is 1. The topological polar surface area (TPSA) is 47.6 Å². The number of hydrogen-bond donors (Lipinski definition) is 1. The molecular formula is C16H14FNO3. The van der Waals surface area contributed by atoms with Crippen LogP contribution in [0.25, 0.3) is 0 Å². The van der Waals surface area contributed by atoms with Gasteiger partial charge in [0.05, 0.1) is 0 Å². The highest BCUT2D eigenvalue weighted by Crippen LogP contribution is 2.30. The summed E-state index contributed by atoms with van der Waals surface area (Å²) < 4.78 is 24.5. The summed E-state index contributed by atoms with van der Waals surface area (Å²) in [6.45, 7) is 0.257. The number of amides is 1. The van der Waals surface area contributed by atoms with Crippen LogP contribution < -0.4 is 14.8 Å². The van der Waals surface area contributed by atoms with Crippen LogP contribution in [0.2, 0.25) is 0 Å². The summed E-state index contributed by atoms with van der Waals surface area (Å²) >= 11 is 0. The highest BCUT2D eigenvalue weighted by molar-refractivity contribution is 5.81. The van der Waals surface area contributed by atoms with Gasteiger partial charge in [-0.25, -0.2) is 4.39 Å². The molecular weight excluding hydrogens is 273 g/mol. The standard InChI is InChI=1S/C16H14FNO3/c17-12-6-2-1-5-11(12)9-18-16(19)15-10-20-13-7-3-4-8-14(13)21-15/h1-8,15H,9-10H2,(H,18,19)/t15-/m0/s1. The molecule has 1 N–H and O–H groups in total. The molecule has 21 heavy (non-hydrogen) atoms. The number of benzene rings is 2. The Morgan fingerprint density at radius 3 is 2.67 bits per heavy atom. The molecule has 1 amide bonds. The average Bonchev–Trinajstić information content (AvgIpc) is 2.53. The van der Waals surface area contributed by atoms with Gasteiger partial charge in [-0.1, -0.05) is 30.3 Å². The van der Waals surface area contributed by atoms with Crippen LogP contribution in [-0.4, -0.2) is 18.6 Å². The minimum absolute atomic E-state index is 0.118. The predicted molar refractivity (Wildman–Crippen MR) is 74.6 cm³/mol. The van der Waals surface area contributed by atoms with E-state index in [1.807, 2.05) is 12.1 Å². The van der Waals surface area contributed by atoms with Crippen molar-refractivity contribution in [1.82, 2.24) is 5.32 Å². The van der Waals surface area contributed by atoms with E-state index in [0.29, 0.717) is 17.1 Å². The first kappa shape index (κ1) is 13.4. The molecule has 1 aliphatic rings. The first-order valence-corrected chi connectivity index (χ1v) is 6.63. The summed E-state index contributed by atoms with van der Waals surface area (Å²) in [6, 6.07) is 13.5. The van der Waals surface area contributed by atoms with Gasteiger partial charge < -0.3 is 14.8 Å². The van der Waals surface area contributed by atoms with Gasteiger partial charge >= 0.3 is 0 Å². The summed E-state index contributed by atoms with van der Waals surface area (Å²) in [5.74, 6) is 0.488. The normalized spacial score (nSPS) is 16.3. The molecule has 5 heteroatoms. The van der Waals surface area contributed by atoms with Crippen LogP contribution in [0.15, 0.2) is 48.5 Å². The predicted octanol–water partition coefficient (Wildman–Crippen LogP) is 2.28. The zero-order chi connectivity index (χ0) is 14.7. The van der Waals surface area contributed by atoms with Gasteiger partial charge in [0.2, 0.25) is 6.10 Å². The molecule has 108 valence electrons. The molecule has 1 atom stereocenters. The van der Waals surface area contributed by atoms with Gasteiger partial charge in [-0.15, -0.1) is 0 Å². The van der Waals surface area contributed by atoms with E-state index in [2.05, 4.69) is 5.32 Å². The van der Waals surface area contributed by atoms with E-state index in [0.717, 1.165) is 0 Å². The second-order valence-corrected chi connectivity index (χ2v) is 4.67. The molecule has 3 rings (SSSR count).